The van der Waals surface area contributed by atoms with Crippen LogP contribution in [0, 0.1) is 0 Å². The highest BCUT2D eigenvalue weighted by Crippen LogP contribution is 2.23. The number of para-hydroxylation sites is 1. The van der Waals surface area contributed by atoms with Gasteiger partial charge in [-0.25, -0.2) is 8.42 Å². The third kappa shape index (κ3) is 3.06. The van der Waals surface area contributed by atoms with Crippen molar-refractivity contribution >= 4 is 15.5 Å². The van der Waals surface area contributed by atoms with E-state index < -0.39 is 9.84 Å². The van der Waals surface area contributed by atoms with Crippen LogP contribution in [-0.2, 0) is 15.6 Å². The predicted octanol–water partition coefficient (Wildman–Crippen LogP) is 2.25. The topological polar surface area (TPSA) is 69.4 Å². The molecule has 0 aromatic heterocycles. The van der Waals surface area contributed by atoms with Gasteiger partial charge in [0, 0.05) is 11.3 Å². The molecule has 0 saturated heterocycles. The Balaban J connectivity index is 2.34. The van der Waals surface area contributed by atoms with E-state index in [9.17, 15) is 8.42 Å². The first kappa shape index (κ1) is 13.4. The maximum atomic E-state index is 12.3. The van der Waals surface area contributed by atoms with Crippen molar-refractivity contribution in [1.29, 1.82) is 0 Å². The lowest BCUT2D eigenvalue weighted by molar-refractivity contribution is 0.411. The van der Waals surface area contributed by atoms with Crippen molar-refractivity contribution in [3.63, 3.8) is 0 Å². The minimum absolute atomic E-state index is 0.0963. The second kappa shape index (κ2) is 5.32. The van der Waals surface area contributed by atoms with Crippen LogP contribution in [0.5, 0.6) is 5.75 Å². The van der Waals surface area contributed by atoms with E-state index in [2.05, 4.69) is 0 Å². The van der Waals surface area contributed by atoms with Gasteiger partial charge in [0.15, 0.2) is 9.84 Å². The number of hydrogen-bond acceptors (Lipinski definition) is 4. The summed E-state index contributed by atoms with van der Waals surface area (Å²) in [6, 6.07) is 13.3. The van der Waals surface area contributed by atoms with Crippen LogP contribution in [0.15, 0.2) is 53.4 Å². The largest absolute Gasteiger partial charge is 0.496 e. The summed E-state index contributed by atoms with van der Waals surface area (Å²) >= 11 is 0. The van der Waals surface area contributed by atoms with Gasteiger partial charge < -0.3 is 10.5 Å². The second-order valence-corrected chi connectivity index (χ2v) is 6.13. The van der Waals surface area contributed by atoms with Gasteiger partial charge in [-0.05, 0) is 30.3 Å². The number of methoxy groups -OCH3 is 1. The van der Waals surface area contributed by atoms with E-state index in [0.29, 0.717) is 17.0 Å². The van der Waals surface area contributed by atoms with E-state index in [1.165, 1.54) is 19.2 Å². The van der Waals surface area contributed by atoms with Crippen LogP contribution in [0.25, 0.3) is 0 Å². The Morgan fingerprint density at radius 3 is 2.32 bits per heavy atom. The molecule has 0 aliphatic rings. The highest BCUT2D eigenvalue weighted by molar-refractivity contribution is 7.90. The standard InChI is InChI=1S/C14H15NO3S/c1-18-14-5-3-2-4-11(14)10-19(16,17)13-8-6-12(15)7-9-13/h2-9H,10,15H2,1H3. The van der Waals surface area contributed by atoms with Gasteiger partial charge in [-0.2, -0.15) is 0 Å². The molecule has 100 valence electrons. The third-order valence-electron chi connectivity index (χ3n) is 2.78. The molecule has 0 saturated carbocycles. The van der Waals surface area contributed by atoms with Crippen molar-refractivity contribution in [1.82, 2.24) is 0 Å². The lowest BCUT2D eigenvalue weighted by atomic mass is 10.2. The molecule has 0 spiro atoms. The SMILES string of the molecule is COc1ccccc1CS(=O)(=O)c1ccc(N)cc1. The van der Waals surface area contributed by atoms with Crippen LogP contribution in [0.2, 0.25) is 0 Å². The van der Waals surface area contributed by atoms with Crippen LogP contribution in [0.1, 0.15) is 5.56 Å². The van der Waals surface area contributed by atoms with E-state index in [1.54, 1.807) is 36.4 Å². The second-order valence-electron chi connectivity index (χ2n) is 4.14. The number of rotatable bonds is 4. The highest BCUT2D eigenvalue weighted by Gasteiger charge is 2.17. The molecule has 4 nitrogen and oxygen atoms in total. The number of hydrogen-bond donors (Lipinski definition) is 1. The molecule has 2 aromatic carbocycles. The predicted molar refractivity (Wildman–Crippen MR) is 74.7 cm³/mol. The minimum atomic E-state index is -3.40. The highest BCUT2D eigenvalue weighted by atomic mass is 32.2. The molecule has 5 heteroatoms. The Bertz CT molecular complexity index is 663. The Morgan fingerprint density at radius 1 is 1.05 bits per heavy atom. The van der Waals surface area contributed by atoms with Crippen LogP contribution in [0.4, 0.5) is 5.69 Å². The molecule has 0 aliphatic carbocycles. The molecular formula is C14H15NO3S. The van der Waals surface area contributed by atoms with Crippen molar-refractivity contribution in [2.24, 2.45) is 0 Å². The van der Waals surface area contributed by atoms with Crippen molar-refractivity contribution < 1.29 is 13.2 Å². The fourth-order valence-electron chi connectivity index (χ4n) is 1.79. The lowest BCUT2D eigenvalue weighted by Gasteiger charge is -2.09. The molecule has 0 atom stereocenters. The van der Waals surface area contributed by atoms with Gasteiger partial charge in [0.25, 0.3) is 0 Å². The molecule has 0 fully saturated rings. The van der Waals surface area contributed by atoms with Gasteiger partial charge in [-0.1, -0.05) is 18.2 Å². The quantitative estimate of drug-likeness (QED) is 0.870. The molecular weight excluding hydrogens is 262 g/mol. The summed E-state index contributed by atoms with van der Waals surface area (Å²) in [5.41, 5.74) is 6.73. The van der Waals surface area contributed by atoms with Gasteiger partial charge in [-0.15, -0.1) is 0 Å². The van der Waals surface area contributed by atoms with Crippen LogP contribution in [0.3, 0.4) is 0 Å². The zero-order valence-corrected chi connectivity index (χ0v) is 11.4. The first-order valence-corrected chi connectivity index (χ1v) is 7.38. The van der Waals surface area contributed by atoms with Crippen molar-refractivity contribution in [2.45, 2.75) is 10.6 Å². The average Bonchev–Trinajstić information content (AvgIpc) is 2.39. The van der Waals surface area contributed by atoms with Crippen molar-refractivity contribution in [3.05, 3.63) is 54.1 Å². The number of nitrogens with two attached hydrogens (primary N) is 1. The zero-order chi connectivity index (χ0) is 13.9. The van der Waals surface area contributed by atoms with Gasteiger partial charge in [0.1, 0.15) is 5.75 Å². The molecule has 19 heavy (non-hydrogen) atoms. The normalized spacial score (nSPS) is 11.2. The Hall–Kier alpha value is -2.01. The first-order valence-electron chi connectivity index (χ1n) is 5.73. The first-order chi connectivity index (χ1) is 9.03. The zero-order valence-electron chi connectivity index (χ0n) is 10.5. The summed E-state index contributed by atoms with van der Waals surface area (Å²) in [5, 5.41) is 0. The van der Waals surface area contributed by atoms with Gasteiger partial charge >= 0.3 is 0 Å². The van der Waals surface area contributed by atoms with Gasteiger partial charge in [0.05, 0.1) is 17.8 Å². The van der Waals surface area contributed by atoms with E-state index in [-0.39, 0.29) is 10.6 Å². The Labute approximate surface area is 112 Å². The van der Waals surface area contributed by atoms with Gasteiger partial charge in [0.2, 0.25) is 0 Å². The van der Waals surface area contributed by atoms with Gasteiger partial charge in [-0.3, -0.25) is 0 Å². The molecule has 2 aromatic rings. The summed E-state index contributed by atoms with van der Waals surface area (Å²) in [4.78, 5) is 0.257. The smallest absolute Gasteiger partial charge is 0.182 e. The summed E-state index contributed by atoms with van der Waals surface area (Å²) < 4.78 is 29.7. The average molecular weight is 277 g/mol. The molecule has 0 amide bonds. The maximum absolute atomic E-state index is 12.3. The summed E-state index contributed by atoms with van der Waals surface area (Å²) in [6.45, 7) is 0. The molecule has 0 radical (unpaired) electrons. The lowest BCUT2D eigenvalue weighted by Crippen LogP contribution is -2.06. The monoisotopic (exact) mass is 277 g/mol. The van der Waals surface area contributed by atoms with Crippen LogP contribution >= 0.6 is 0 Å². The van der Waals surface area contributed by atoms with E-state index in [4.69, 9.17) is 10.5 Å². The van der Waals surface area contributed by atoms with E-state index >= 15 is 0 Å². The van der Waals surface area contributed by atoms with E-state index in [0.717, 1.165) is 0 Å². The summed E-state index contributed by atoms with van der Waals surface area (Å²) in [5.74, 6) is 0.475. The van der Waals surface area contributed by atoms with Crippen molar-refractivity contribution in [2.75, 3.05) is 12.8 Å². The molecule has 0 unspecified atom stereocenters. The maximum Gasteiger partial charge on any atom is 0.182 e. The van der Waals surface area contributed by atoms with Crippen LogP contribution < -0.4 is 10.5 Å². The fraction of sp³-hybridized carbons (Fsp3) is 0.143. The Morgan fingerprint density at radius 2 is 1.68 bits per heavy atom. The number of anilines is 1. The molecule has 2 rings (SSSR count). The Kier molecular flexibility index (Phi) is 3.76. The number of benzene rings is 2. The number of sulfone groups is 1. The van der Waals surface area contributed by atoms with Crippen LogP contribution in [-0.4, -0.2) is 15.5 Å². The van der Waals surface area contributed by atoms with Crippen molar-refractivity contribution in [3.8, 4) is 5.75 Å². The molecule has 0 aliphatic heterocycles. The summed E-state index contributed by atoms with van der Waals surface area (Å²) in [7, 11) is -1.88. The number of nitrogen functional groups attached to an aromatic ring is 1. The molecule has 0 heterocycles. The summed E-state index contributed by atoms with van der Waals surface area (Å²) in [6.07, 6.45) is 0. The molecule has 0 bridgehead atoms. The third-order valence-corrected chi connectivity index (χ3v) is 4.46. The number of ether oxygens (including phenoxy) is 1. The minimum Gasteiger partial charge on any atom is -0.496 e. The fourth-order valence-corrected chi connectivity index (χ4v) is 3.15. The van der Waals surface area contributed by atoms with E-state index in [1.807, 2.05) is 0 Å². The molecule has 2 N–H and O–H groups in total.